The van der Waals surface area contributed by atoms with Crippen LogP contribution in [-0.4, -0.2) is 31.5 Å². The first-order valence-electron chi connectivity index (χ1n) is 9.11. The molecule has 0 N–H and O–H groups in total. The standard InChI is InChI=1S/C21H24N4OS/c1-5-14(2)17-6-8-18(9-7-17)19(26)13-27-21-11-10-20(22-23-21)25-16(4)12-15(3)24-25/h6-12,14H,5,13H2,1-4H3. The number of hydrogen-bond acceptors (Lipinski definition) is 5. The molecule has 5 nitrogen and oxygen atoms in total. The summed E-state index contributed by atoms with van der Waals surface area (Å²) in [4.78, 5) is 12.4. The second kappa shape index (κ2) is 8.48. The first kappa shape index (κ1) is 19.3. The van der Waals surface area contributed by atoms with E-state index in [0.29, 0.717) is 17.5 Å². The van der Waals surface area contributed by atoms with E-state index in [9.17, 15) is 4.79 Å². The zero-order valence-corrected chi connectivity index (χ0v) is 17.0. The van der Waals surface area contributed by atoms with Gasteiger partial charge in [-0.3, -0.25) is 4.79 Å². The molecule has 2 aromatic heterocycles. The normalized spacial score (nSPS) is 12.1. The van der Waals surface area contributed by atoms with Crippen LogP contribution in [0.1, 0.15) is 53.5 Å². The van der Waals surface area contributed by atoms with Gasteiger partial charge in [-0.05, 0) is 49.9 Å². The molecule has 0 aliphatic carbocycles. The highest BCUT2D eigenvalue weighted by Gasteiger charge is 2.10. The van der Waals surface area contributed by atoms with Crippen LogP contribution in [0.3, 0.4) is 0 Å². The second-order valence-corrected chi connectivity index (χ2v) is 7.71. The molecule has 1 unspecified atom stereocenters. The molecule has 0 spiro atoms. The molecule has 6 heteroatoms. The highest BCUT2D eigenvalue weighted by atomic mass is 32.2. The maximum atomic E-state index is 12.4. The Labute approximate surface area is 164 Å². The number of benzene rings is 1. The molecule has 1 atom stereocenters. The zero-order valence-electron chi connectivity index (χ0n) is 16.1. The lowest BCUT2D eigenvalue weighted by Crippen LogP contribution is -2.05. The second-order valence-electron chi connectivity index (χ2n) is 6.71. The predicted molar refractivity (Wildman–Crippen MR) is 109 cm³/mol. The van der Waals surface area contributed by atoms with Crippen LogP contribution >= 0.6 is 11.8 Å². The topological polar surface area (TPSA) is 60.7 Å². The number of carbonyl (C=O) groups is 1. The summed E-state index contributed by atoms with van der Waals surface area (Å²) in [5, 5.41) is 13.6. The van der Waals surface area contributed by atoms with Crippen molar-refractivity contribution in [1.82, 2.24) is 20.0 Å². The smallest absolute Gasteiger partial charge is 0.175 e. The molecule has 140 valence electrons. The fourth-order valence-electron chi connectivity index (χ4n) is 2.82. The molecule has 0 radical (unpaired) electrons. The van der Waals surface area contributed by atoms with E-state index in [2.05, 4.69) is 41.3 Å². The largest absolute Gasteiger partial charge is 0.293 e. The molecule has 0 aliphatic rings. The Hall–Kier alpha value is -2.47. The summed E-state index contributed by atoms with van der Waals surface area (Å²) in [6, 6.07) is 13.7. The maximum Gasteiger partial charge on any atom is 0.175 e. The van der Waals surface area contributed by atoms with Gasteiger partial charge in [0, 0.05) is 11.3 Å². The van der Waals surface area contributed by atoms with Crippen LogP contribution in [0.5, 0.6) is 0 Å². The number of carbonyl (C=O) groups excluding carboxylic acids is 1. The van der Waals surface area contributed by atoms with E-state index < -0.39 is 0 Å². The Bertz CT molecular complexity index is 916. The van der Waals surface area contributed by atoms with Gasteiger partial charge in [0.05, 0.1) is 11.4 Å². The van der Waals surface area contributed by atoms with Gasteiger partial charge in [-0.1, -0.05) is 49.9 Å². The van der Waals surface area contributed by atoms with Crippen molar-refractivity contribution in [3.05, 3.63) is 65.0 Å². The fourth-order valence-corrected chi connectivity index (χ4v) is 3.53. The lowest BCUT2D eigenvalue weighted by Gasteiger charge is -2.09. The number of nitrogens with zero attached hydrogens (tertiary/aromatic N) is 4. The van der Waals surface area contributed by atoms with Gasteiger partial charge in [-0.2, -0.15) is 5.10 Å². The number of aromatic nitrogens is 4. The average Bonchev–Trinajstić information content (AvgIpc) is 3.04. The SMILES string of the molecule is CCC(C)c1ccc(C(=O)CSc2ccc(-n3nc(C)cc3C)nn2)cc1. The number of thioether (sulfide) groups is 1. The van der Waals surface area contributed by atoms with E-state index >= 15 is 0 Å². The summed E-state index contributed by atoms with van der Waals surface area (Å²) in [5.74, 6) is 1.63. The maximum absolute atomic E-state index is 12.4. The summed E-state index contributed by atoms with van der Waals surface area (Å²) in [6.07, 6.45) is 1.09. The lowest BCUT2D eigenvalue weighted by atomic mass is 9.97. The number of aryl methyl sites for hydroxylation is 2. The molecule has 0 bridgehead atoms. The first-order valence-corrected chi connectivity index (χ1v) is 10.1. The molecule has 2 heterocycles. The summed E-state index contributed by atoms with van der Waals surface area (Å²) in [6.45, 7) is 8.29. The number of Topliss-reactive ketones (excluding diaryl/α,β-unsaturated/α-hetero) is 1. The van der Waals surface area contributed by atoms with Crippen LogP contribution in [0.15, 0.2) is 47.5 Å². The Morgan fingerprint density at radius 3 is 2.41 bits per heavy atom. The van der Waals surface area contributed by atoms with Crippen LogP contribution in [-0.2, 0) is 0 Å². The van der Waals surface area contributed by atoms with E-state index in [1.54, 1.807) is 4.68 Å². The van der Waals surface area contributed by atoms with Crippen molar-refractivity contribution in [2.75, 3.05) is 5.75 Å². The van der Waals surface area contributed by atoms with Gasteiger partial charge in [-0.25, -0.2) is 4.68 Å². The monoisotopic (exact) mass is 380 g/mol. The molecule has 0 fully saturated rings. The first-order chi connectivity index (χ1) is 13.0. The summed E-state index contributed by atoms with van der Waals surface area (Å²) in [5.41, 5.74) is 3.96. The van der Waals surface area contributed by atoms with E-state index in [-0.39, 0.29) is 5.78 Å². The predicted octanol–water partition coefficient (Wildman–Crippen LogP) is 4.77. The minimum atomic E-state index is 0.0973. The molecule has 0 saturated heterocycles. The summed E-state index contributed by atoms with van der Waals surface area (Å²) >= 11 is 1.40. The average molecular weight is 381 g/mol. The van der Waals surface area contributed by atoms with Crippen LogP contribution in [0, 0.1) is 13.8 Å². The van der Waals surface area contributed by atoms with Crippen molar-refractivity contribution in [2.45, 2.75) is 45.1 Å². The van der Waals surface area contributed by atoms with Crippen molar-refractivity contribution in [3.8, 4) is 5.82 Å². The highest BCUT2D eigenvalue weighted by molar-refractivity contribution is 7.99. The van der Waals surface area contributed by atoms with Gasteiger partial charge < -0.3 is 0 Å². The summed E-state index contributed by atoms with van der Waals surface area (Å²) in [7, 11) is 0. The van der Waals surface area contributed by atoms with Gasteiger partial charge in [0.2, 0.25) is 0 Å². The van der Waals surface area contributed by atoms with E-state index in [1.165, 1.54) is 17.3 Å². The molecular weight excluding hydrogens is 356 g/mol. The number of ketones is 1. The Kier molecular flexibility index (Phi) is 6.06. The van der Waals surface area contributed by atoms with Gasteiger partial charge in [0.15, 0.2) is 11.6 Å². The van der Waals surface area contributed by atoms with Crippen molar-refractivity contribution in [1.29, 1.82) is 0 Å². The molecule has 3 rings (SSSR count). The van der Waals surface area contributed by atoms with Gasteiger partial charge >= 0.3 is 0 Å². The minimum absolute atomic E-state index is 0.0973. The third-order valence-corrected chi connectivity index (χ3v) is 5.54. The van der Waals surface area contributed by atoms with Crippen molar-refractivity contribution < 1.29 is 4.79 Å². The quantitative estimate of drug-likeness (QED) is 0.436. The highest BCUT2D eigenvalue weighted by Crippen LogP contribution is 2.21. The van der Waals surface area contributed by atoms with E-state index in [4.69, 9.17) is 0 Å². The molecule has 1 aromatic carbocycles. The third-order valence-electron chi connectivity index (χ3n) is 4.62. The van der Waals surface area contributed by atoms with Crippen molar-refractivity contribution in [2.24, 2.45) is 0 Å². The van der Waals surface area contributed by atoms with Crippen molar-refractivity contribution >= 4 is 17.5 Å². The van der Waals surface area contributed by atoms with Crippen LogP contribution in [0.2, 0.25) is 0 Å². The van der Waals surface area contributed by atoms with Gasteiger partial charge in [0.25, 0.3) is 0 Å². The van der Waals surface area contributed by atoms with Crippen LogP contribution < -0.4 is 0 Å². The Balaban J connectivity index is 1.61. The van der Waals surface area contributed by atoms with Crippen LogP contribution in [0.25, 0.3) is 5.82 Å². The molecule has 27 heavy (non-hydrogen) atoms. The van der Waals surface area contributed by atoms with Crippen molar-refractivity contribution in [3.63, 3.8) is 0 Å². The zero-order chi connectivity index (χ0) is 19.4. The molecule has 0 saturated carbocycles. The molecular formula is C21H24N4OS. The molecule has 0 amide bonds. The molecule has 3 aromatic rings. The summed E-state index contributed by atoms with van der Waals surface area (Å²) < 4.78 is 1.76. The van der Waals surface area contributed by atoms with Gasteiger partial charge in [-0.15, -0.1) is 10.2 Å². The Morgan fingerprint density at radius 1 is 1.11 bits per heavy atom. The number of hydrogen-bond donors (Lipinski definition) is 0. The minimum Gasteiger partial charge on any atom is -0.293 e. The van der Waals surface area contributed by atoms with Gasteiger partial charge in [0.1, 0.15) is 5.03 Å². The van der Waals surface area contributed by atoms with E-state index in [1.807, 2.05) is 44.2 Å². The lowest BCUT2D eigenvalue weighted by molar-refractivity contribution is 0.102. The molecule has 0 aliphatic heterocycles. The third kappa shape index (κ3) is 4.63. The van der Waals surface area contributed by atoms with E-state index in [0.717, 1.165) is 28.4 Å². The number of rotatable bonds is 7. The van der Waals surface area contributed by atoms with Crippen LogP contribution in [0.4, 0.5) is 0 Å². The fraction of sp³-hybridized carbons (Fsp3) is 0.333. The Morgan fingerprint density at radius 2 is 1.85 bits per heavy atom.